The van der Waals surface area contributed by atoms with Crippen molar-refractivity contribution in [1.29, 1.82) is 0 Å². The first-order valence-electron chi connectivity index (χ1n) is 5.68. The molecule has 0 aromatic heterocycles. The number of phenolic OH excluding ortho intramolecular Hbond substituents is 2. The van der Waals surface area contributed by atoms with Crippen LogP contribution in [0.1, 0.15) is 15.8 Å². The molecular formula is C10H16ClNO3. The molecule has 0 aliphatic heterocycles. The maximum absolute atomic E-state index is 9.35. The van der Waals surface area contributed by atoms with Crippen molar-refractivity contribution in [2.75, 3.05) is 20.6 Å². The summed E-state index contributed by atoms with van der Waals surface area (Å²) in [5.74, 6) is -0.566. The van der Waals surface area contributed by atoms with E-state index in [1.54, 1.807) is 7.05 Å². The molecule has 86 valence electrons. The minimum Gasteiger partial charge on any atom is -0.504 e. The summed E-state index contributed by atoms with van der Waals surface area (Å²) in [6, 6.07) is 4.07. The van der Waals surface area contributed by atoms with Crippen LogP contribution in [0, 0.1) is 0 Å². The Labute approximate surface area is 99.5 Å². The number of benzene rings is 1. The topological polar surface area (TPSA) is 61.7 Å². The molecule has 0 radical (unpaired) electrons. The van der Waals surface area contributed by atoms with Crippen LogP contribution in [0.4, 0.5) is 0 Å². The molecule has 1 atom stereocenters. The average Bonchev–Trinajstić information content (AvgIpc) is 2.19. The van der Waals surface area contributed by atoms with E-state index >= 15 is 0 Å². The van der Waals surface area contributed by atoms with Crippen LogP contribution in [0.2, 0.25) is 0 Å². The zero-order valence-corrected chi connectivity index (χ0v) is 9.04. The van der Waals surface area contributed by atoms with Crippen molar-refractivity contribution in [2.24, 2.45) is 0 Å². The molecule has 5 heteroatoms. The van der Waals surface area contributed by atoms with Gasteiger partial charge in [-0.2, -0.15) is 0 Å². The van der Waals surface area contributed by atoms with E-state index in [1.165, 1.54) is 18.2 Å². The lowest BCUT2D eigenvalue weighted by molar-refractivity contribution is 0.104. The number of hydrogen-bond acceptors (Lipinski definition) is 4. The molecule has 1 rings (SSSR count). The maximum Gasteiger partial charge on any atom is 0.157 e. The Kier molecular flexibility index (Phi) is 4.02. The molecule has 0 fully saturated rings. The fourth-order valence-corrected chi connectivity index (χ4v) is 1.15. The summed E-state index contributed by atoms with van der Waals surface area (Å²) in [5.41, 5.74) is 0.478. The van der Waals surface area contributed by atoms with Gasteiger partial charge in [-0.15, -0.1) is 12.4 Å². The molecule has 0 heterocycles. The van der Waals surface area contributed by atoms with E-state index in [0.29, 0.717) is 5.56 Å². The van der Waals surface area contributed by atoms with E-state index in [2.05, 4.69) is 5.32 Å². The second kappa shape index (κ2) is 6.50. The summed E-state index contributed by atoms with van der Waals surface area (Å²) in [6.07, 6.45) is -0.723. The molecule has 0 aliphatic carbocycles. The summed E-state index contributed by atoms with van der Waals surface area (Å²) in [7, 11) is -0.856. The lowest BCUT2D eigenvalue weighted by atomic mass is 10.1. The normalized spacial score (nSPS) is 15.7. The minimum absolute atomic E-state index is 0. The second-order valence-corrected chi connectivity index (χ2v) is 2.91. The van der Waals surface area contributed by atoms with Crippen LogP contribution in [0.5, 0.6) is 11.5 Å². The van der Waals surface area contributed by atoms with Gasteiger partial charge in [0.1, 0.15) is 0 Å². The quantitative estimate of drug-likeness (QED) is 0.692. The monoisotopic (exact) mass is 236 g/mol. The Hall–Kier alpha value is -0.970. The highest BCUT2D eigenvalue weighted by Crippen LogP contribution is 2.28. The molecule has 4 nitrogen and oxygen atoms in total. The standard InChI is InChI=1S/C10H15NO3.ClH/c1-11-6-10(14-2)7-3-4-8(12)9(13)5-7;/h3-5,10-13H,6H2,1-2H3;1H/i2D3;. The van der Waals surface area contributed by atoms with Crippen LogP contribution < -0.4 is 5.32 Å². The molecule has 1 unspecified atom stereocenters. The number of nitrogens with one attached hydrogen (secondary N) is 1. The Morgan fingerprint density at radius 1 is 1.47 bits per heavy atom. The van der Waals surface area contributed by atoms with Gasteiger partial charge in [0.25, 0.3) is 0 Å². The number of likely N-dealkylation sites (N-methyl/N-ethyl adjacent to an activating group) is 1. The fourth-order valence-electron chi connectivity index (χ4n) is 1.15. The Morgan fingerprint density at radius 3 is 2.73 bits per heavy atom. The summed E-state index contributed by atoms with van der Waals surface area (Å²) in [4.78, 5) is 0. The first-order valence-corrected chi connectivity index (χ1v) is 4.18. The first kappa shape index (κ1) is 9.27. The number of phenols is 2. The SMILES string of the molecule is Cl.[2H]C([2H])([2H])OC(CNC)c1ccc(O)c(O)c1. The summed E-state index contributed by atoms with van der Waals surface area (Å²) >= 11 is 0. The Morgan fingerprint density at radius 2 is 2.20 bits per heavy atom. The highest BCUT2D eigenvalue weighted by atomic mass is 35.5. The van der Waals surface area contributed by atoms with Gasteiger partial charge in [0, 0.05) is 13.6 Å². The Balaban J connectivity index is 0.00000289. The third kappa shape index (κ3) is 3.58. The third-order valence-electron chi connectivity index (χ3n) is 1.90. The van der Waals surface area contributed by atoms with Crippen molar-refractivity contribution in [1.82, 2.24) is 5.32 Å². The van der Waals surface area contributed by atoms with Crippen LogP contribution in [0.15, 0.2) is 18.2 Å². The zero-order valence-electron chi connectivity index (χ0n) is 11.2. The van der Waals surface area contributed by atoms with Gasteiger partial charge in [-0.1, -0.05) is 6.07 Å². The largest absolute Gasteiger partial charge is 0.504 e. The van der Waals surface area contributed by atoms with Crippen LogP contribution >= 0.6 is 12.4 Å². The summed E-state index contributed by atoms with van der Waals surface area (Å²) < 4.78 is 26.1. The van der Waals surface area contributed by atoms with E-state index < -0.39 is 13.1 Å². The Bertz CT molecular complexity index is 387. The highest BCUT2D eigenvalue weighted by molar-refractivity contribution is 5.85. The van der Waals surface area contributed by atoms with Crippen molar-refractivity contribution in [2.45, 2.75) is 6.10 Å². The van der Waals surface area contributed by atoms with Crippen molar-refractivity contribution < 1.29 is 19.1 Å². The highest BCUT2D eigenvalue weighted by Gasteiger charge is 2.11. The molecule has 0 saturated carbocycles. The van der Waals surface area contributed by atoms with E-state index in [1.807, 2.05) is 0 Å². The molecule has 3 N–H and O–H groups in total. The molecule has 1 aromatic carbocycles. The van der Waals surface area contributed by atoms with Gasteiger partial charge >= 0.3 is 0 Å². The van der Waals surface area contributed by atoms with Gasteiger partial charge in [-0.25, -0.2) is 0 Å². The lowest BCUT2D eigenvalue weighted by Gasteiger charge is -2.15. The third-order valence-corrected chi connectivity index (χ3v) is 1.90. The summed E-state index contributed by atoms with van der Waals surface area (Å²) in [6.45, 7) is 0.280. The molecule has 0 amide bonds. The second-order valence-electron chi connectivity index (χ2n) is 2.91. The summed E-state index contributed by atoms with van der Waals surface area (Å²) in [5, 5.41) is 21.3. The lowest BCUT2D eigenvalue weighted by Crippen LogP contribution is -2.18. The van der Waals surface area contributed by atoms with E-state index in [-0.39, 0.29) is 30.5 Å². The molecular weight excluding hydrogens is 218 g/mol. The molecule has 0 spiro atoms. The number of halogens is 1. The molecule has 0 bridgehead atoms. The van der Waals surface area contributed by atoms with Crippen LogP contribution in [0.25, 0.3) is 0 Å². The number of rotatable bonds is 4. The van der Waals surface area contributed by atoms with Crippen molar-refractivity contribution in [3.8, 4) is 11.5 Å². The van der Waals surface area contributed by atoms with Crippen LogP contribution in [-0.4, -0.2) is 30.8 Å². The van der Waals surface area contributed by atoms with Crippen LogP contribution in [-0.2, 0) is 4.74 Å². The van der Waals surface area contributed by atoms with Gasteiger partial charge in [0.2, 0.25) is 0 Å². The molecule has 15 heavy (non-hydrogen) atoms. The number of methoxy groups -OCH3 is 1. The van der Waals surface area contributed by atoms with E-state index in [0.717, 1.165) is 0 Å². The first-order chi connectivity index (χ1) is 7.83. The van der Waals surface area contributed by atoms with Gasteiger partial charge in [0.15, 0.2) is 11.5 Å². The molecule has 1 aromatic rings. The molecule has 0 saturated heterocycles. The predicted octanol–water partition coefficient (Wildman–Crippen LogP) is 1.43. The molecule has 0 aliphatic rings. The van der Waals surface area contributed by atoms with Crippen molar-refractivity contribution in [3.05, 3.63) is 23.8 Å². The van der Waals surface area contributed by atoms with E-state index in [4.69, 9.17) is 8.85 Å². The zero-order chi connectivity index (χ0) is 13.1. The van der Waals surface area contributed by atoms with Crippen molar-refractivity contribution in [3.63, 3.8) is 0 Å². The number of ether oxygens (including phenoxy) is 1. The van der Waals surface area contributed by atoms with Gasteiger partial charge in [0.05, 0.1) is 10.2 Å². The average molecular weight is 237 g/mol. The minimum atomic E-state index is -2.52. The predicted molar refractivity (Wildman–Crippen MR) is 60.7 cm³/mol. The van der Waals surface area contributed by atoms with Gasteiger partial charge in [-0.3, -0.25) is 0 Å². The fraction of sp³-hybridized carbons (Fsp3) is 0.400. The smallest absolute Gasteiger partial charge is 0.157 e. The number of hydrogen-bond donors (Lipinski definition) is 3. The maximum atomic E-state index is 9.35. The van der Waals surface area contributed by atoms with Gasteiger partial charge < -0.3 is 20.3 Å². The van der Waals surface area contributed by atoms with Crippen molar-refractivity contribution >= 4 is 12.4 Å². The van der Waals surface area contributed by atoms with Crippen LogP contribution in [0.3, 0.4) is 0 Å². The van der Waals surface area contributed by atoms with Gasteiger partial charge in [-0.05, 0) is 24.7 Å². The number of aromatic hydroxyl groups is 2. The van der Waals surface area contributed by atoms with E-state index in [9.17, 15) is 10.2 Å².